The highest BCUT2D eigenvalue weighted by molar-refractivity contribution is 7.89. The van der Waals surface area contributed by atoms with Crippen molar-refractivity contribution >= 4 is 15.9 Å². The third kappa shape index (κ3) is 6.13. The fourth-order valence-corrected chi connectivity index (χ4v) is 4.83. The molecule has 1 saturated heterocycles. The molecule has 0 aliphatic carbocycles. The van der Waals surface area contributed by atoms with Crippen molar-refractivity contribution in [2.24, 2.45) is 0 Å². The van der Waals surface area contributed by atoms with Gasteiger partial charge in [-0.2, -0.15) is 0 Å². The van der Waals surface area contributed by atoms with E-state index in [4.69, 9.17) is 0 Å². The molecule has 1 fully saturated rings. The Hall–Kier alpha value is -2.22. The highest BCUT2D eigenvalue weighted by atomic mass is 32.2. The second kappa shape index (κ2) is 9.52. The number of piperidine rings is 1. The molecule has 29 heavy (non-hydrogen) atoms. The fourth-order valence-electron chi connectivity index (χ4n) is 3.53. The lowest BCUT2D eigenvalue weighted by molar-refractivity contribution is 0.0908. The number of nitrogens with one attached hydrogen (secondary N) is 2. The van der Waals surface area contributed by atoms with Crippen LogP contribution in [-0.4, -0.2) is 44.4 Å². The monoisotopic (exact) mass is 415 g/mol. The Morgan fingerprint density at radius 1 is 1.07 bits per heavy atom. The second-order valence-corrected chi connectivity index (χ2v) is 9.53. The number of carbonyl (C=O) groups is 1. The summed E-state index contributed by atoms with van der Waals surface area (Å²) >= 11 is 0. The smallest absolute Gasteiger partial charge is 0.251 e. The Labute approximate surface area is 173 Å². The van der Waals surface area contributed by atoms with Gasteiger partial charge >= 0.3 is 0 Å². The average molecular weight is 416 g/mol. The van der Waals surface area contributed by atoms with E-state index < -0.39 is 10.0 Å². The van der Waals surface area contributed by atoms with Gasteiger partial charge in [0.05, 0.1) is 4.90 Å². The molecule has 6 nitrogen and oxygen atoms in total. The molecule has 1 aliphatic heterocycles. The predicted molar refractivity (Wildman–Crippen MR) is 114 cm³/mol. The van der Waals surface area contributed by atoms with Crippen LogP contribution in [0.3, 0.4) is 0 Å². The molecule has 1 heterocycles. The zero-order chi connectivity index (χ0) is 20.9. The summed E-state index contributed by atoms with van der Waals surface area (Å²) in [6.07, 6.45) is 1.76. The van der Waals surface area contributed by atoms with E-state index in [1.54, 1.807) is 26.0 Å². The van der Waals surface area contributed by atoms with Crippen molar-refractivity contribution in [2.75, 3.05) is 13.1 Å². The van der Waals surface area contributed by atoms with Gasteiger partial charge in [0.1, 0.15) is 0 Å². The van der Waals surface area contributed by atoms with E-state index in [0.717, 1.165) is 32.5 Å². The average Bonchev–Trinajstić information content (AvgIpc) is 2.69. The number of nitrogens with zero attached hydrogens (tertiary/aromatic N) is 1. The van der Waals surface area contributed by atoms with E-state index in [1.807, 2.05) is 18.2 Å². The van der Waals surface area contributed by atoms with Crippen molar-refractivity contribution in [2.45, 2.75) is 50.2 Å². The lowest BCUT2D eigenvalue weighted by Gasteiger charge is -2.32. The standard InChI is InChI=1S/C22H29N3O3S/c1-17(2)24-29(27,28)21-10-6-9-19(15-21)22(26)23-20-11-13-25(14-12-20)16-18-7-4-3-5-8-18/h3-10,15,17,20,24H,11-14,16H2,1-2H3,(H,23,26). The molecule has 0 bridgehead atoms. The molecule has 1 aliphatic rings. The molecule has 1 amide bonds. The number of hydrogen-bond donors (Lipinski definition) is 2. The number of benzene rings is 2. The molecule has 0 unspecified atom stereocenters. The summed E-state index contributed by atoms with van der Waals surface area (Å²) < 4.78 is 27.2. The molecular weight excluding hydrogens is 386 g/mol. The van der Waals surface area contributed by atoms with Crippen LogP contribution in [0.25, 0.3) is 0 Å². The first-order chi connectivity index (χ1) is 13.8. The minimum absolute atomic E-state index is 0.101. The van der Waals surface area contributed by atoms with Crippen LogP contribution in [0.1, 0.15) is 42.6 Å². The summed E-state index contributed by atoms with van der Waals surface area (Å²) in [6.45, 7) is 6.29. The fraction of sp³-hybridized carbons (Fsp3) is 0.409. The van der Waals surface area contributed by atoms with Crippen molar-refractivity contribution in [1.82, 2.24) is 14.9 Å². The zero-order valence-electron chi connectivity index (χ0n) is 17.0. The molecule has 7 heteroatoms. The Bertz CT molecular complexity index is 921. The maximum Gasteiger partial charge on any atom is 0.251 e. The highest BCUT2D eigenvalue weighted by Crippen LogP contribution is 2.16. The molecule has 0 spiro atoms. The van der Waals surface area contributed by atoms with E-state index in [2.05, 4.69) is 27.1 Å². The predicted octanol–water partition coefficient (Wildman–Crippen LogP) is 2.77. The summed E-state index contributed by atoms with van der Waals surface area (Å²) in [5.74, 6) is -0.229. The maximum absolute atomic E-state index is 12.6. The van der Waals surface area contributed by atoms with Gasteiger partial charge in [-0.1, -0.05) is 36.4 Å². The van der Waals surface area contributed by atoms with Crippen LogP contribution in [0.15, 0.2) is 59.5 Å². The minimum atomic E-state index is -3.62. The quantitative estimate of drug-likeness (QED) is 0.729. The first kappa shape index (κ1) is 21.5. The molecule has 0 saturated carbocycles. The van der Waals surface area contributed by atoms with Gasteiger partial charge in [0.2, 0.25) is 10.0 Å². The van der Waals surface area contributed by atoms with E-state index in [0.29, 0.717) is 5.56 Å². The van der Waals surface area contributed by atoms with E-state index in [9.17, 15) is 13.2 Å². The summed E-state index contributed by atoms with van der Waals surface area (Å²) in [4.78, 5) is 15.1. The van der Waals surface area contributed by atoms with E-state index in [-0.39, 0.29) is 22.9 Å². The van der Waals surface area contributed by atoms with Gasteiger partial charge in [-0.25, -0.2) is 13.1 Å². The summed E-state index contributed by atoms with van der Waals surface area (Å²) in [5, 5.41) is 3.06. The maximum atomic E-state index is 12.6. The second-order valence-electron chi connectivity index (χ2n) is 7.81. The molecule has 2 aromatic rings. The Kier molecular flexibility index (Phi) is 7.05. The van der Waals surface area contributed by atoms with E-state index in [1.165, 1.54) is 17.7 Å². The number of carbonyl (C=O) groups excluding carboxylic acids is 1. The van der Waals surface area contributed by atoms with Gasteiger partial charge in [0.15, 0.2) is 0 Å². The molecule has 2 aromatic carbocycles. The lowest BCUT2D eigenvalue weighted by Crippen LogP contribution is -2.44. The largest absolute Gasteiger partial charge is 0.349 e. The van der Waals surface area contributed by atoms with Crippen LogP contribution in [0.2, 0.25) is 0 Å². The topological polar surface area (TPSA) is 78.5 Å². The first-order valence-corrected chi connectivity index (χ1v) is 11.5. The van der Waals surface area contributed by atoms with E-state index >= 15 is 0 Å². The Balaban J connectivity index is 1.55. The van der Waals surface area contributed by atoms with Gasteiger partial charge < -0.3 is 5.32 Å². The molecule has 0 atom stereocenters. The van der Waals surface area contributed by atoms with Crippen molar-refractivity contribution < 1.29 is 13.2 Å². The SMILES string of the molecule is CC(C)NS(=O)(=O)c1cccc(C(=O)NC2CCN(Cc3ccccc3)CC2)c1. The van der Waals surface area contributed by atoms with Crippen LogP contribution in [-0.2, 0) is 16.6 Å². The highest BCUT2D eigenvalue weighted by Gasteiger charge is 2.22. The number of hydrogen-bond acceptors (Lipinski definition) is 4. The summed E-state index contributed by atoms with van der Waals surface area (Å²) in [5.41, 5.74) is 1.66. The van der Waals surface area contributed by atoms with Crippen LogP contribution in [0, 0.1) is 0 Å². The first-order valence-electron chi connectivity index (χ1n) is 10.0. The van der Waals surface area contributed by atoms with Crippen LogP contribution < -0.4 is 10.0 Å². The van der Waals surface area contributed by atoms with Crippen LogP contribution in [0.5, 0.6) is 0 Å². The molecule has 3 rings (SSSR count). The van der Waals surface area contributed by atoms with Crippen molar-refractivity contribution in [3.8, 4) is 0 Å². The number of sulfonamides is 1. The Morgan fingerprint density at radius 3 is 2.41 bits per heavy atom. The van der Waals surface area contributed by atoms with Crippen LogP contribution in [0.4, 0.5) is 0 Å². The number of rotatable bonds is 7. The van der Waals surface area contributed by atoms with Gasteiger partial charge in [-0.3, -0.25) is 9.69 Å². The van der Waals surface area contributed by atoms with Crippen LogP contribution >= 0.6 is 0 Å². The molecular formula is C22H29N3O3S. The van der Waals surface area contributed by atoms with Gasteiger partial charge in [0, 0.05) is 37.3 Å². The molecule has 2 N–H and O–H groups in total. The Morgan fingerprint density at radius 2 is 1.76 bits per heavy atom. The molecule has 0 radical (unpaired) electrons. The number of likely N-dealkylation sites (tertiary alicyclic amines) is 1. The summed E-state index contributed by atoms with van der Waals surface area (Å²) in [7, 11) is -3.62. The normalized spacial score (nSPS) is 16.1. The minimum Gasteiger partial charge on any atom is -0.349 e. The third-order valence-electron chi connectivity index (χ3n) is 4.97. The summed E-state index contributed by atoms with van der Waals surface area (Å²) in [6, 6.07) is 16.5. The van der Waals surface area contributed by atoms with Gasteiger partial charge in [-0.15, -0.1) is 0 Å². The van der Waals surface area contributed by atoms with Gasteiger partial charge in [-0.05, 0) is 50.5 Å². The zero-order valence-corrected chi connectivity index (χ0v) is 17.8. The molecule has 0 aromatic heterocycles. The van der Waals surface area contributed by atoms with Crippen molar-refractivity contribution in [3.63, 3.8) is 0 Å². The molecule has 156 valence electrons. The van der Waals surface area contributed by atoms with Crippen molar-refractivity contribution in [1.29, 1.82) is 0 Å². The van der Waals surface area contributed by atoms with Crippen molar-refractivity contribution in [3.05, 3.63) is 65.7 Å². The lowest BCUT2D eigenvalue weighted by atomic mass is 10.0. The number of amides is 1. The third-order valence-corrected chi connectivity index (χ3v) is 6.63. The van der Waals surface area contributed by atoms with Gasteiger partial charge in [0.25, 0.3) is 5.91 Å².